The van der Waals surface area contributed by atoms with Crippen LogP contribution in [0, 0.1) is 0 Å². The molecule has 2 aromatic rings. The lowest BCUT2D eigenvalue weighted by molar-refractivity contribution is 0.0957. The van der Waals surface area contributed by atoms with Gasteiger partial charge in [0.15, 0.2) is 0 Å². The van der Waals surface area contributed by atoms with Crippen molar-refractivity contribution < 1.29 is 4.79 Å². The maximum Gasteiger partial charge on any atom is 0.261 e. The molecule has 0 aromatic carbocycles. The molecule has 0 spiro atoms. The topological polar surface area (TPSA) is 72.9 Å². The second-order valence-electron chi connectivity index (χ2n) is 4.89. The lowest BCUT2D eigenvalue weighted by Crippen LogP contribution is -2.25. The number of thiophene rings is 1. The standard InChI is InChI=1S/C13H20N4OS.ClH/c1-8(2)11-9-7-10(12(18)15-6-4-5-14)19-13(9)17(3)16-11;/h7-8H,4-6,14H2,1-3H3,(H,15,18);1H. The highest BCUT2D eigenvalue weighted by atomic mass is 35.5. The molecular formula is C13H21ClN4OS. The SMILES string of the molecule is CC(C)c1nn(C)c2sc(C(=O)NCCCN)cc12.Cl. The zero-order chi connectivity index (χ0) is 14.0. The van der Waals surface area contributed by atoms with Crippen LogP contribution in [0.5, 0.6) is 0 Å². The molecule has 0 bridgehead atoms. The largest absolute Gasteiger partial charge is 0.351 e. The molecule has 0 fully saturated rings. The second-order valence-corrected chi connectivity index (χ2v) is 5.92. The van der Waals surface area contributed by atoms with Crippen molar-refractivity contribution in [3.8, 4) is 0 Å². The molecule has 0 unspecified atom stereocenters. The predicted molar refractivity (Wildman–Crippen MR) is 85.9 cm³/mol. The van der Waals surface area contributed by atoms with Crippen molar-refractivity contribution in [1.82, 2.24) is 15.1 Å². The van der Waals surface area contributed by atoms with E-state index in [1.54, 1.807) is 0 Å². The summed E-state index contributed by atoms with van der Waals surface area (Å²) >= 11 is 1.49. The number of nitrogens with one attached hydrogen (secondary N) is 1. The number of aryl methyl sites for hydroxylation is 1. The zero-order valence-corrected chi connectivity index (χ0v) is 13.6. The van der Waals surface area contributed by atoms with Crippen molar-refractivity contribution in [2.45, 2.75) is 26.2 Å². The van der Waals surface area contributed by atoms with E-state index < -0.39 is 0 Å². The highest BCUT2D eigenvalue weighted by Crippen LogP contribution is 2.31. The molecule has 0 aliphatic heterocycles. The minimum atomic E-state index is -0.0237. The van der Waals surface area contributed by atoms with E-state index in [1.807, 2.05) is 17.8 Å². The van der Waals surface area contributed by atoms with Crippen molar-refractivity contribution in [3.63, 3.8) is 0 Å². The van der Waals surface area contributed by atoms with Gasteiger partial charge in [0.25, 0.3) is 5.91 Å². The van der Waals surface area contributed by atoms with Gasteiger partial charge in [0.2, 0.25) is 0 Å². The molecule has 1 amide bonds. The summed E-state index contributed by atoms with van der Waals surface area (Å²) in [5.74, 6) is 0.329. The highest BCUT2D eigenvalue weighted by molar-refractivity contribution is 7.20. The normalized spacial score (nSPS) is 10.8. The van der Waals surface area contributed by atoms with Gasteiger partial charge in [-0.05, 0) is 24.9 Å². The van der Waals surface area contributed by atoms with Gasteiger partial charge >= 0.3 is 0 Å². The Morgan fingerprint density at radius 3 is 2.85 bits per heavy atom. The van der Waals surface area contributed by atoms with Crippen LogP contribution in [0.3, 0.4) is 0 Å². The minimum Gasteiger partial charge on any atom is -0.351 e. The van der Waals surface area contributed by atoms with Gasteiger partial charge in [0.1, 0.15) is 4.83 Å². The third kappa shape index (κ3) is 3.31. The van der Waals surface area contributed by atoms with Gasteiger partial charge in [-0.15, -0.1) is 23.7 Å². The first-order chi connectivity index (χ1) is 9.04. The summed E-state index contributed by atoms with van der Waals surface area (Å²) in [6, 6.07) is 1.94. The number of hydrogen-bond acceptors (Lipinski definition) is 4. The van der Waals surface area contributed by atoms with E-state index in [9.17, 15) is 4.79 Å². The van der Waals surface area contributed by atoms with Crippen LogP contribution in [0.25, 0.3) is 10.2 Å². The van der Waals surface area contributed by atoms with Crippen molar-refractivity contribution in [1.29, 1.82) is 0 Å². The summed E-state index contributed by atoms with van der Waals surface area (Å²) in [6.07, 6.45) is 0.801. The number of aromatic nitrogens is 2. The van der Waals surface area contributed by atoms with Crippen LogP contribution in [-0.2, 0) is 7.05 Å². The summed E-state index contributed by atoms with van der Waals surface area (Å²) in [4.78, 5) is 13.8. The van der Waals surface area contributed by atoms with Gasteiger partial charge in [-0.1, -0.05) is 13.8 Å². The fourth-order valence-electron chi connectivity index (χ4n) is 2.00. The maximum atomic E-state index is 12.0. The molecule has 5 nitrogen and oxygen atoms in total. The van der Waals surface area contributed by atoms with E-state index in [0.717, 1.165) is 27.2 Å². The predicted octanol–water partition coefficient (Wildman–Crippen LogP) is 2.26. The van der Waals surface area contributed by atoms with Crippen LogP contribution < -0.4 is 11.1 Å². The Bertz CT molecular complexity index is 590. The molecule has 0 atom stereocenters. The van der Waals surface area contributed by atoms with E-state index in [0.29, 0.717) is 19.0 Å². The molecule has 0 saturated carbocycles. The molecule has 2 heterocycles. The van der Waals surface area contributed by atoms with Gasteiger partial charge < -0.3 is 11.1 Å². The number of fused-ring (bicyclic) bond motifs is 1. The fraction of sp³-hybridized carbons (Fsp3) is 0.538. The first kappa shape index (κ1) is 16.9. The third-order valence-corrected chi connectivity index (χ3v) is 4.18. The maximum absolute atomic E-state index is 12.0. The van der Waals surface area contributed by atoms with Crippen molar-refractivity contribution in [3.05, 3.63) is 16.6 Å². The highest BCUT2D eigenvalue weighted by Gasteiger charge is 2.17. The summed E-state index contributed by atoms with van der Waals surface area (Å²) in [5.41, 5.74) is 6.46. The lowest BCUT2D eigenvalue weighted by atomic mass is 10.1. The molecule has 7 heteroatoms. The Balaban J connectivity index is 0.00000200. The van der Waals surface area contributed by atoms with E-state index in [2.05, 4.69) is 24.3 Å². The molecule has 2 aromatic heterocycles. The molecular weight excluding hydrogens is 296 g/mol. The number of halogens is 1. The summed E-state index contributed by atoms with van der Waals surface area (Å²) in [5, 5.41) is 8.47. The van der Waals surface area contributed by atoms with E-state index in [4.69, 9.17) is 5.73 Å². The Labute approximate surface area is 128 Å². The van der Waals surface area contributed by atoms with E-state index >= 15 is 0 Å². The van der Waals surface area contributed by atoms with Crippen molar-refractivity contribution in [2.75, 3.05) is 13.1 Å². The van der Waals surface area contributed by atoms with Crippen LogP contribution in [0.15, 0.2) is 6.07 Å². The molecule has 3 N–H and O–H groups in total. The first-order valence-corrected chi connectivity index (χ1v) is 7.31. The van der Waals surface area contributed by atoms with Gasteiger partial charge in [-0.3, -0.25) is 9.48 Å². The number of carbonyl (C=O) groups excluding carboxylic acids is 1. The van der Waals surface area contributed by atoms with Crippen molar-refractivity contribution in [2.24, 2.45) is 12.8 Å². The second kappa shape index (κ2) is 7.06. The molecule has 20 heavy (non-hydrogen) atoms. The van der Waals surface area contributed by atoms with E-state index in [-0.39, 0.29) is 18.3 Å². The van der Waals surface area contributed by atoms with Gasteiger partial charge in [-0.25, -0.2) is 0 Å². The first-order valence-electron chi connectivity index (χ1n) is 6.49. The van der Waals surface area contributed by atoms with Crippen LogP contribution >= 0.6 is 23.7 Å². The molecule has 112 valence electrons. The number of nitrogens with two attached hydrogens (primary N) is 1. The molecule has 0 aliphatic carbocycles. The van der Waals surface area contributed by atoms with Crippen LogP contribution in [0.4, 0.5) is 0 Å². The summed E-state index contributed by atoms with van der Waals surface area (Å²) in [6.45, 7) is 5.44. The Kier molecular flexibility index (Phi) is 5.98. The molecule has 0 radical (unpaired) electrons. The van der Waals surface area contributed by atoms with Crippen LogP contribution in [0.2, 0.25) is 0 Å². The Morgan fingerprint density at radius 2 is 2.25 bits per heavy atom. The number of carbonyl (C=O) groups is 1. The molecule has 0 aliphatic rings. The summed E-state index contributed by atoms with van der Waals surface area (Å²) in [7, 11) is 1.92. The zero-order valence-electron chi connectivity index (χ0n) is 12.0. The Morgan fingerprint density at radius 1 is 1.55 bits per heavy atom. The van der Waals surface area contributed by atoms with Gasteiger partial charge in [0.05, 0.1) is 10.6 Å². The average Bonchev–Trinajstić information content (AvgIpc) is 2.90. The number of rotatable bonds is 5. The monoisotopic (exact) mass is 316 g/mol. The lowest BCUT2D eigenvalue weighted by Gasteiger charge is -2.01. The fourth-order valence-corrected chi connectivity index (χ4v) is 2.99. The van der Waals surface area contributed by atoms with Gasteiger partial charge in [0, 0.05) is 19.0 Å². The number of hydrogen-bond donors (Lipinski definition) is 2. The Hall–Kier alpha value is -1.11. The van der Waals surface area contributed by atoms with Crippen LogP contribution in [0.1, 0.15) is 41.6 Å². The number of amides is 1. The minimum absolute atomic E-state index is 0. The summed E-state index contributed by atoms with van der Waals surface area (Å²) < 4.78 is 1.85. The third-order valence-electron chi connectivity index (χ3n) is 2.98. The molecule has 0 saturated heterocycles. The number of nitrogens with zero attached hydrogens (tertiary/aromatic N) is 2. The quantitative estimate of drug-likeness (QED) is 0.831. The van der Waals surface area contributed by atoms with Gasteiger partial charge in [-0.2, -0.15) is 5.10 Å². The van der Waals surface area contributed by atoms with Crippen LogP contribution in [-0.4, -0.2) is 28.8 Å². The van der Waals surface area contributed by atoms with E-state index in [1.165, 1.54) is 11.3 Å². The van der Waals surface area contributed by atoms with Crippen molar-refractivity contribution >= 4 is 39.9 Å². The smallest absolute Gasteiger partial charge is 0.261 e. The molecule has 2 rings (SSSR count). The average molecular weight is 317 g/mol.